The molecule has 0 saturated heterocycles. The van der Waals surface area contributed by atoms with Gasteiger partial charge in [0.05, 0.1) is 0 Å². The molecule has 3 heteroatoms. The largest absolute Gasteiger partial charge is 0.396 e. The molecule has 96 valence electrons. The zero-order chi connectivity index (χ0) is 12.9. The minimum atomic E-state index is 0.0200. The number of aliphatic hydroxyl groups is 1. The van der Waals surface area contributed by atoms with Crippen molar-refractivity contribution in [1.29, 1.82) is 0 Å². The molecule has 1 aromatic rings. The van der Waals surface area contributed by atoms with E-state index in [4.69, 9.17) is 5.11 Å². The summed E-state index contributed by atoms with van der Waals surface area (Å²) in [6.45, 7) is 7.46. The zero-order valence-electron chi connectivity index (χ0n) is 10.9. The molecule has 0 bridgehead atoms. The van der Waals surface area contributed by atoms with Crippen LogP contribution in [0.4, 0.5) is 0 Å². The summed E-state index contributed by atoms with van der Waals surface area (Å²) in [4.78, 5) is 0. The van der Waals surface area contributed by atoms with Gasteiger partial charge in [-0.1, -0.05) is 35.0 Å². The molecule has 0 fully saturated rings. The van der Waals surface area contributed by atoms with Gasteiger partial charge in [-0.2, -0.15) is 0 Å². The Morgan fingerprint density at radius 3 is 2.65 bits per heavy atom. The van der Waals surface area contributed by atoms with E-state index in [0.717, 1.165) is 23.9 Å². The van der Waals surface area contributed by atoms with Crippen LogP contribution in [0.3, 0.4) is 0 Å². The molecule has 1 unspecified atom stereocenters. The smallest absolute Gasteiger partial charge is 0.0448 e. The Morgan fingerprint density at radius 1 is 1.41 bits per heavy atom. The first kappa shape index (κ1) is 14.7. The summed E-state index contributed by atoms with van der Waals surface area (Å²) in [6, 6.07) is 6.41. The third-order valence-electron chi connectivity index (χ3n) is 3.40. The van der Waals surface area contributed by atoms with Crippen molar-refractivity contribution in [1.82, 2.24) is 5.32 Å². The van der Waals surface area contributed by atoms with Crippen molar-refractivity contribution in [2.45, 2.75) is 45.7 Å². The Kier molecular flexibility index (Phi) is 5.63. The first-order valence-corrected chi connectivity index (χ1v) is 6.91. The van der Waals surface area contributed by atoms with E-state index in [-0.39, 0.29) is 12.1 Å². The Labute approximate surface area is 113 Å². The summed E-state index contributed by atoms with van der Waals surface area (Å²) >= 11 is 3.55. The molecule has 2 nitrogen and oxygen atoms in total. The molecular formula is C14H22BrNO. The van der Waals surface area contributed by atoms with E-state index in [0.29, 0.717) is 0 Å². The Hall–Kier alpha value is -0.380. The molecule has 0 saturated carbocycles. The number of nitrogens with one attached hydrogen (secondary N) is 1. The highest BCUT2D eigenvalue weighted by Gasteiger charge is 2.20. The van der Waals surface area contributed by atoms with Crippen molar-refractivity contribution in [3.63, 3.8) is 0 Å². The van der Waals surface area contributed by atoms with Crippen LogP contribution >= 0.6 is 15.9 Å². The molecule has 0 amide bonds. The highest BCUT2D eigenvalue weighted by atomic mass is 79.9. The molecule has 1 aromatic carbocycles. The summed E-state index contributed by atoms with van der Waals surface area (Å²) in [5.74, 6) is 0. The van der Waals surface area contributed by atoms with E-state index < -0.39 is 0 Å². The third kappa shape index (κ3) is 4.41. The first-order chi connectivity index (χ1) is 8.00. The minimum Gasteiger partial charge on any atom is -0.396 e. The van der Waals surface area contributed by atoms with Gasteiger partial charge in [-0.15, -0.1) is 0 Å². The second kappa shape index (κ2) is 6.53. The molecule has 0 heterocycles. The van der Waals surface area contributed by atoms with Crippen molar-refractivity contribution in [3.05, 3.63) is 33.8 Å². The van der Waals surface area contributed by atoms with Gasteiger partial charge in [0.2, 0.25) is 0 Å². The molecule has 2 N–H and O–H groups in total. The van der Waals surface area contributed by atoms with Crippen molar-refractivity contribution in [3.8, 4) is 0 Å². The lowest BCUT2D eigenvalue weighted by Gasteiger charge is -2.29. The summed E-state index contributed by atoms with van der Waals surface area (Å²) in [6.07, 6.45) is 1.80. The summed E-state index contributed by atoms with van der Waals surface area (Å²) in [5.41, 5.74) is 2.54. The summed E-state index contributed by atoms with van der Waals surface area (Å²) in [7, 11) is 0. The van der Waals surface area contributed by atoms with Crippen LogP contribution in [0.2, 0.25) is 0 Å². The van der Waals surface area contributed by atoms with Gasteiger partial charge in [0.25, 0.3) is 0 Å². The number of hydrogen-bond acceptors (Lipinski definition) is 2. The highest BCUT2D eigenvalue weighted by molar-refractivity contribution is 9.10. The van der Waals surface area contributed by atoms with Gasteiger partial charge in [-0.3, -0.25) is 0 Å². The van der Waals surface area contributed by atoms with Crippen LogP contribution in [-0.2, 0) is 6.54 Å². The molecule has 0 aromatic heterocycles. The van der Waals surface area contributed by atoms with E-state index in [1.165, 1.54) is 11.1 Å². The van der Waals surface area contributed by atoms with E-state index in [1.54, 1.807) is 0 Å². The van der Waals surface area contributed by atoms with E-state index in [2.05, 4.69) is 60.2 Å². The second-order valence-electron chi connectivity index (χ2n) is 4.82. The summed E-state index contributed by atoms with van der Waals surface area (Å²) in [5, 5.41) is 12.6. The minimum absolute atomic E-state index is 0.0200. The van der Waals surface area contributed by atoms with Crippen LogP contribution < -0.4 is 5.32 Å². The average molecular weight is 300 g/mol. The molecule has 1 rings (SSSR count). The Morgan fingerprint density at radius 2 is 2.12 bits per heavy atom. The molecule has 17 heavy (non-hydrogen) atoms. The number of aliphatic hydroxyl groups excluding tert-OH is 1. The quantitative estimate of drug-likeness (QED) is 0.844. The van der Waals surface area contributed by atoms with Crippen LogP contribution in [0.1, 0.15) is 37.8 Å². The van der Waals surface area contributed by atoms with E-state index >= 15 is 0 Å². The maximum atomic E-state index is 9.06. The number of halogens is 1. The maximum absolute atomic E-state index is 9.06. The number of hydrogen-bond donors (Lipinski definition) is 2. The van der Waals surface area contributed by atoms with Crippen LogP contribution in [0.5, 0.6) is 0 Å². The molecule has 0 aliphatic rings. The lowest BCUT2D eigenvalue weighted by atomic mass is 9.94. The third-order valence-corrected chi connectivity index (χ3v) is 4.25. The highest BCUT2D eigenvalue weighted by Crippen LogP contribution is 2.19. The topological polar surface area (TPSA) is 32.3 Å². The molecular weight excluding hydrogens is 278 g/mol. The molecule has 0 radical (unpaired) electrons. The van der Waals surface area contributed by atoms with E-state index in [1.807, 2.05) is 0 Å². The average Bonchev–Trinajstić information content (AvgIpc) is 2.31. The molecule has 0 aliphatic heterocycles. The predicted octanol–water partition coefficient (Wildman–Crippen LogP) is 3.40. The normalized spacial score (nSPS) is 14.6. The standard InChI is InChI=1S/C14H22BrNO/c1-4-14(3,7-8-17)16-10-12-6-5-11(2)13(15)9-12/h5-6,9,16-17H,4,7-8,10H2,1-3H3. The Balaban J connectivity index is 2.62. The summed E-state index contributed by atoms with van der Waals surface area (Å²) < 4.78 is 1.15. The molecule has 1 atom stereocenters. The Bertz CT molecular complexity index is 367. The van der Waals surface area contributed by atoms with Crippen LogP contribution in [0.15, 0.2) is 22.7 Å². The predicted molar refractivity (Wildman–Crippen MR) is 76.1 cm³/mol. The lowest BCUT2D eigenvalue weighted by molar-refractivity contribution is 0.214. The SMILES string of the molecule is CCC(C)(CCO)NCc1ccc(C)c(Br)c1. The van der Waals surface area contributed by atoms with Gasteiger partial charge >= 0.3 is 0 Å². The van der Waals surface area contributed by atoms with Gasteiger partial charge in [0, 0.05) is 23.2 Å². The van der Waals surface area contributed by atoms with Crippen molar-refractivity contribution in [2.24, 2.45) is 0 Å². The van der Waals surface area contributed by atoms with Gasteiger partial charge in [-0.05, 0) is 43.9 Å². The van der Waals surface area contributed by atoms with Crippen LogP contribution in [0.25, 0.3) is 0 Å². The first-order valence-electron chi connectivity index (χ1n) is 6.11. The van der Waals surface area contributed by atoms with Crippen molar-refractivity contribution in [2.75, 3.05) is 6.61 Å². The maximum Gasteiger partial charge on any atom is 0.0448 e. The molecule has 0 aliphatic carbocycles. The lowest BCUT2D eigenvalue weighted by Crippen LogP contribution is -2.42. The van der Waals surface area contributed by atoms with Gasteiger partial charge in [-0.25, -0.2) is 0 Å². The number of benzene rings is 1. The fourth-order valence-corrected chi connectivity index (χ4v) is 2.12. The van der Waals surface area contributed by atoms with Gasteiger partial charge in [0.1, 0.15) is 0 Å². The fourth-order valence-electron chi connectivity index (χ4n) is 1.70. The van der Waals surface area contributed by atoms with Crippen LogP contribution in [-0.4, -0.2) is 17.3 Å². The number of rotatable bonds is 6. The fraction of sp³-hybridized carbons (Fsp3) is 0.571. The van der Waals surface area contributed by atoms with Crippen molar-refractivity contribution < 1.29 is 5.11 Å². The second-order valence-corrected chi connectivity index (χ2v) is 5.68. The monoisotopic (exact) mass is 299 g/mol. The zero-order valence-corrected chi connectivity index (χ0v) is 12.5. The molecule has 0 spiro atoms. The van der Waals surface area contributed by atoms with Gasteiger partial charge in [0.15, 0.2) is 0 Å². The van der Waals surface area contributed by atoms with Gasteiger partial charge < -0.3 is 10.4 Å². The number of aryl methyl sites for hydroxylation is 1. The van der Waals surface area contributed by atoms with Crippen LogP contribution in [0, 0.1) is 6.92 Å². The van der Waals surface area contributed by atoms with E-state index in [9.17, 15) is 0 Å². The van der Waals surface area contributed by atoms with Crippen molar-refractivity contribution >= 4 is 15.9 Å².